The molecule has 0 fully saturated rings. The van der Waals surface area contributed by atoms with Crippen molar-refractivity contribution >= 4 is 44.7 Å². The molecule has 0 radical (unpaired) electrons. The Bertz CT molecular complexity index is 1590. The van der Waals surface area contributed by atoms with Gasteiger partial charge in [0, 0.05) is 21.8 Å². The van der Waals surface area contributed by atoms with E-state index in [0.717, 1.165) is 28.4 Å². The van der Waals surface area contributed by atoms with Crippen LogP contribution in [0, 0.1) is 11.8 Å². The molecule has 218 valence electrons. The van der Waals surface area contributed by atoms with Crippen LogP contribution in [0.5, 0.6) is 5.75 Å². The lowest BCUT2D eigenvalue weighted by molar-refractivity contribution is 0.0733. The van der Waals surface area contributed by atoms with E-state index in [9.17, 15) is 15.0 Å². The molecule has 0 saturated carbocycles. The second-order valence-electron chi connectivity index (χ2n) is 10.7. The van der Waals surface area contributed by atoms with Gasteiger partial charge in [0.1, 0.15) is 5.75 Å². The fraction of sp³-hybridized carbons (Fsp3) is 0.206. The van der Waals surface area contributed by atoms with Gasteiger partial charge in [-0.1, -0.05) is 60.7 Å². The maximum Gasteiger partial charge on any atom is 0.344 e. The molecule has 6 rings (SSSR count). The predicted octanol–water partition coefficient (Wildman–Crippen LogP) is 6.41. The van der Waals surface area contributed by atoms with E-state index in [1.807, 2.05) is 92.7 Å². The number of aliphatic hydroxyl groups excluding tert-OH is 2. The largest absolute Gasteiger partial charge is 0.423 e. The van der Waals surface area contributed by atoms with Crippen molar-refractivity contribution in [1.29, 1.82) is 0 Å². The second kappa shape index (κ2) is 12.1. The molecule has 4 aromatic rings. The molecular weight excluding hydrogens is 608 g/mol. The van der Waals surface area contributed by atoms with E-state index in [0.29, 0.717) is 15.8 Å². The minimum absolute atomic E-state index is 0.384. The summed E-state index contributed by atoms with van der Waals surface area (Å²) in [4.78, 5) is 12.8. The maximum absolute atomic E-state index is 12.8. The third-order valence-corrected chi connectivity index (χ3v) is 8.72. The molecule has 0 aromatic heterocycles. The number of esters is 1. The molecule has 8 nitrogen and oxygen atoms in total. The number of rotatable bonds is 7. The fourth-order valence-electron chi connectivity index (χ4n) is 5.99. The van der Waals surface area contributed by atoms with Crippen molar-refractivity contribution in [2.24, 2.45) is 22.0 Å². The maximum atomic E-state index is 12.8. The molecule has 4 aromatic carbocycles. The molecule has 5 atom stereocenters. The average Bonchev–Trinajstić information content (AvgIpc) is 3.49. The SMILES string of the molecule is CC1=NN(c2ccccc2)[C@H](O)[C@H]1C(c1ccc(OC(=O)c2ccccc2Br)cc1)[C@H]1C(C)=NN(c2ccccc2)[C@H]1O. The van der Waals surface area contributed by atoms with E-state index in [4.69, 9.17) is 14.9 Å². The van der Waals surface area contributed by atoms with Gasteiger partial charge in [0.05, 0.1) is 28.8 Å². The number of carbonyl (C=O) groups excluding carboxylic acids is 1. The number of hydrogen-bond acceptors (Lipinski definition) is 8. The molecule has 0 aliphatic carbocycles. The lowest BCUT2D eigenvalue weighted by Crippen LogP contribution is -2.44. The zero-order chi connectivity index (χ0) is 30.1. The Labute approximate surface area is 258 Å². The fourth-order valence-corrected chi connectivity index (χ4v) is 6.43. The van der Waals surface area contributed by atoms with E-state index in [1.54, 1.807) is 40.3 Å². The van der Waals surface area contributed by atoms with Gasteiger partial charge in [-0.15, -0.1) is 0 Å². The van der Waals surface area contributed by atoms with Gasteiger partial charge < -0.3 is 14.9 Å². The van der Waals surface area contributed by atoms with Crippen molar-refractivity contribution in [3.8, 4) is 5.75 Å². The number of para-hydroxylation sites is 2. The first kappa shape index (κ1) is 28.8. The first-order chi connectivity index (χ1) is 20.8. The quantitative estimate of drug-likeness (QED) is 0.179. The van der Waals surface area contributed by atoms with Crippen LogP contribution in [-0.2, 0) is 0 Å². The molecule has 43 heavy (non-hydrogen) atoms. The molecule has 2 N–H and O–H groups in total. The number of anilines is 2. The Kier molecular flexibility index (Phi) is 8.12. The first-order valence-electron chi connectivity index (χ1n) is 14.0. The highest BCUT2D eigenvalue weighted by Crippen LogP contribution is 2.45. The van der Waals surface area contributed by atoms with Crippen LogP contribution in [0.1, 0.15) is 35.7 Å². The molecule has 2 aliphatic heterocycles. The van der Waals surface area contributed by atoms with Crippen molar-refractivity contribution in [2.45, 2.75) is 32.2 Å². The summed E-state index contributed by atoms with van der Waals surface area (Å²) in [6.07, 6.45) is -1.96. The summed E-state index contributed by atoms with van der Waals surface area (Å²) in [5.74, 6) is -1.43. The number of hydrazone groups is 2. The van der Waals surface area contributed by atoms with Crippen LogP contribution < -0.4 is 14.8 Å². The van der Waals surface area contributed by atoms with E-state index in [-0.39, 0.29) is 0 Å². The minimum Gasteiger partial charge on any atom is -0.423 e. The molecule has 2 aliphatic rings. The summed E-state index contributed by atoms with van der Waals surface area (Å²) in [7, 11) is 0. The highest BCUT2D eigenvalue weighted by atomic mass is 79.9. The summed E-state index contributed by atoms with van der Waals surface area (Å²) < 4.78 is 6.32. The summed E-state index contributed by atoms with van der Waals surface area (Å²) in [5, 5.41) is 36.3. The Hall–Kier alpha value is -4.31. The van der Waals surface area contributed by atoms with E-state index in [1.165, 1.54) is 0 Å². The molecule has 0 saturated heterocycles. The summed E-state index contributed by atoms with van der Waals surface area (Å²) in [6.45, 7) is 3.81. The lowest BCUT2D eigenvalue weighted by atomic mass is 9.72. The van der Waals surface area contributed by atoms with E-state index in [2.05, 4.69) is 15.9 Å². The molecule has 0 bridgehead atoms. The number of hydrogen-bond donors (Lipinski definition) is 2. The number of halogens is 1. The minimum atomic E-state index is -0.980. The van der Waals surface area contributed by atoms with Crippen LogP contribution in [0.15, 0.2) is 124 Å². The lowest BCUT2D eigenvalue weighted by Gasteiger charge is -2.35. The van der Waals surface area contributed by atoms with Crippen LogP contribution in [0.4, 0.5) is 11.4 Å². The Balaban J connectivity index is 1.35. The van der Waals surface area contributed by atoms with Gasteiger partial charge in [-0.2, -0.15) is 10.2 Å². The smallest absolute Gasteiger partial charge is 0.344 e. The van der Waals surface area contributed by atoms with Crippen LogP contribution in [-0.4, -0.2) is 40.1 Å². The van der Waals surface area contributed by atoms with Gasteiger partial charge in [0.2, 0.25) is 0 Å². The Morgan fingerprint density at radius 3 is 1.67 bits per heavy atom. The second-order valence-corrected chi connectivity index (χ2v) is 11.5. The number of ether oxygens (including phenoxy) is 1. The van der Waals surface area contributed by atoms with Crippen LogP contribution >= 0.6 is 15.9 Å². The molecule has 2 heterocycles. The van der Waals surface area contributed by atoms with Gasteiger partial charge in [-0.05, 0) is 83.9 Å². The van der Waals surface area contributed by atoms with Crippen molar-refractivity contribution in [1.82, 2.24) is 0 Å². The number of carbonyl (C=O) groups is 1. The van der Waals surface area contributed by atoms with Gasteiger partial charge in [-0.3, -0.25) is 0 Å². The first-order valence-corrected chi connectivity index (χ1v) is 14.8. The Morgan fingerprint density at radius 2 is 1.19 bits per heavy atom. The predicted molar refractivity (Wildman–Crippen MR) is 171 cm³/mol. The average molecular weight is 640 g/mol. The van der Waals surface area contributed by atoms with E-state index < -0.39 is 36.2 Å². The van der Waals surface area contributed by atoms with Crippen molar-refractivity contribution < 1.29 is 19.7 Å². The Morgan fingerprint density at radius 1 is 0.721 bits per heavy atom. The van der Waals surface area contributed by atoms with Crippen molar-refractivity contribution in [3.63, 3.8) is 0 Å². The topological polar surface area (TPSA) is 98.0 Å². The highest BCUT2D eigenvalue weighted by molar-refractivity contribution is 9.10. The summed E-state index contributed by atoms with van der Waals surface area (Å²) in [6, 6.07) is 33.4. The standard InChI is InChI=1S/C34H31BrN4O4/c1-21-29(32(40)38(36-21)24-11-5-3-6-12-24)31(30-22(2)37-39(33(30)41)25-13-7-4-8-14-25)23-17-19-26(20-18-23)43-34(42)27-15-9-10-16-28(27)35/h3-20,29-33,40-41H,1-2H3/t29-,30-,31?,32-,33+/m1/s1. The zero-order valence-corrected chi connectivity index (χ0v) is 25.2. The van der Waals surface area contributed by atoms with Crippen molar-refractivity contribution in [3.05, 3.63) is 125 Å². The molecular formula is C34H31BrN4O4. The molecule has 0 amide bonds. The zero-order valence-electron chi connectivity index (χ0n) is 23.7. The van der Waals surface area contributed by atoms with Crippen LogP contribution in [0.25, 0.3) is 0 Å². The van der Waals surface area contributed by atoms with Crippen LogP contribution in [0.2, 0.25) is 0 Å². The van der Waals surface area contributed by atoms with Gasteiger partial charge >= 0.3 is 5.97 Å². The van der Waals surface area contributed by atoms with E-state index >= 15 is 0 Å². The molecule has 1 unspecified atom stereocenters. The normalized spacial score (nSPS) is 22.3. The van der Waals surface area contributed by atoms with Crippen molar-refractivity contribution in [2.75, 3.05) is 10.0 Å². The summed E-state index contributed by atoms with van der Waals surface area (Å²) >= 11 is 3.40. The third-order valence-electron chi connectivity index (χ3n) is 8.02. The summed E-state index contributed by atoms with van der Waals surface area (Å²) in [5.41, 5.74) is 4.30. The van der Waals surface area contributed by atoms with Gasteiger partial charge in [0.25, 0.3) is 0 Å². The molecule has 0 spiro atoms. The molecule has 9 heteroatoms. The number of nitrogens with zero attached hydrogens (tertiary/aromatic N) is 4. The van der Waals surface area contributed by atoms with Gasteiger partial charge in [0.15, 0.2) is 12.5 Å². The monoisotopic (exact) mass is 638 g/mol. The third kappa shape index (κ3) is 5.59. The highest BCUT2D eigenvalue weighted by Gasteiger charge is 2.49. The number of benzene rings is 4. The van der Waals surface area contributed by atoms with Crippen LogP contribution in [0.3, 0.4) is 0 Å². The van der Waals surface area contributed by atoms with Gasteiger partial charge in [-0.25, -0.2) is 14.8 Å². The number of aliphatic hydroxyl groups is 2.